The minimum Gasteiger partial charge on any atom is -0.493 e. The van der Waals surface area contributed by atoms with Crippen LogP contribution in [0, 0.1) is 24.0 Å². The highest BCUT2D eigenvalue weighted by molar-refractivity contribution is 5.81. The van der Waals surface area contributed by atoms with Crippen molar-refractivity contribution in [2.75, 3.05) is 7.11 Å². The number of nitro benzene ring substituents is 1. The number of ether oxygens (including phenoxy) is 2. The lowest BCUT2D eigenvalue weighted by Crippen LogP contribution is -2.03. The molecule has 1 N–H and O–H groups in total. The van der Waals surface area contributed by atoms with Gasteiger partial charge in [-0.15, -0.1) is 0 Å². The van der Waals surface area contributed by atoms with Gasteiger partial charge in [0.25, 0.3) is 0 Å². The molecule has 1 heterocycles. The van der Waals surface area contributed by atoms with Gasteiger partial charge in [-0.05, 0) is 48.7 Å². The van der Waals surface area contributed by atoms with Gasteiger partial charge in [0, 0.05) is 11.6 Å². The molecule has 0 saturated carbocycles. The summed E-state index contributed by atoms with van der Waals surface area (Å²) in [6.45, 7) is 4.16. The monoisotopic (exact) mass is 403 g/mol. The average molecular weight is 403 g/mol. The van der Waals surface area contributed by atoms with Gasteiger partial charge in [-0.3, -0.25) is 10.1 Å². The molecular formula is C23H21N3O4. The van der Waals surface area contributed by atoms with E-state index in [1.165, 1.54) is 13.2 Å². The Labute approximate surface area is 173 Å². The van der Waals surface area contributed by atoms with Crippen molar-refractivity contribution in [1.29, 1.82) is 0 Å². The first-order valence-corrected chi connectivity index (χ1v) is 9.46. The van der Waals surface area contributed by atoms with Gasteiger partial charge in [0.05, 0.1) is 23.1 Å². The highest BCUT2D eigenvalue weighted by Crippen LogP contribution is 2.41. The molecule has 0 radical (unpaired) electrons. The molecule has 0 spiro atoms. The number of methoxy groups -OCH3 is 1. The quantitative estimate of drug-likeness (QED) is 0.346. The second-order valence-electron chi connectivity index (χ2n) is 7.11. The molecule has 1 aromatic heterocycles. The van der Waals surface area contributed by atoms with Gasteiger partial charge in [-0.1, -0.05) is 30.3 Å². The lowest BCUT2D eigenvalue weighted by atomic mass is 10.1. The summed E-state index contributed by atoms with van der Waals surface area (Å²) in [5.41, 5.74) is 5.13. The number of aromatic nitrogens is 2. The molecular weight excluding hydrogens is 382 g/mol. The highest BCUT2D eigenvalue weighted by atomic mass is 16.6. The summed E-state index contributed by atoms with van der Waals surface area (Å²) in [4.78, 5) is 19.1. The van der Waals surface area contributed by atoms with Crippen LogP contribution in [-0.4, -0.2) is 22.0 Å². The standard InChI is InChI=1S/C23H21N3O4/c1-14-8-9-18-19(10-14)25-23(24-18)17-11-20(26(27)28)22(21(12-17)29-3)30-13-16-7-5-4-6-15(16)2/h4-12H,13H2,1-3H3,(H,24,25). The lowest BCUT2D eigenvalue weighted by Gasteiger charge is -2.13. The summed E-state index contributed by atoms with van der Waals surface area (Å²) in [6.07, 6.45) is 0. The molecule has 4 aromatic rings. The van der Waals surface area contributed by atoms with Crippen LogP contribution in [0.4, 0.5) is 5.69 Å². The van der Waals surface area contributed by atoms with E-state index in [0.29, 0.717) is 11.4 Å². The SMILES string of the molecule is COc1cc(-c2nc3ccc(C)cc3[nH]2)cc([N+](=O)[O-])c1OCc1ccccc1C. The molecule has 0 amide bonds. The van der Waals surface area contributed by atoms with E-state index in [4.69, 9.17) is 9.47 Å². The van der Waals surface area contributed by atoms with E-state index >= 15 is 0 Å². The zero-order valence-corrected chi connectivity index (χ0v) is 16.9. The smallest absolute Gasteiger partial charge is 0.315 e. The highest BCUT2D eigenvalue weighted by Gasteiger charge is 2.24. The Hall–Kier alpha value is -3.87. The maximum atomic E-state index is 11.8. The predicted molar refractivity (Wildman–Crippen MR) is 115 cm³/mol. The van der Waals surface area contributed by atoms with Gasteiger partial charge in [-0.2, -0.15) is 0 Å². The maximum Gasteiger partial charge on any atom is 0.315 e. The first-order chi connectivity index (χ1) is 14.5. The summed E-state index contributed by atoms with van der Waals surface area (Å²) in [6, 6.07) is 16.8. The number of H-pyrrole nitrogens is 1. The van der Waals surface area contributed by atoms with Crippen LogP contribution in [0.2, 0.25) is 0 Å². The number of fused-ring (bicyclic) bond motifs is 1. The third-order valence-corrected chi connectivity index (χ3v) is 5.00. The maximum absolute atomic E-state index is 11.8. The summed E-state index contributed by atoms with van der Waals surface area (Å²) in [7, 11) is 1.46. The Balaban J connectivity index is 1.76. The van der Waals surface area contributed by atoms with Gasteiger partial charge in [0.2, 0.25) is 5.75 Å². The molecule has 7 heteroatoms. The third-order valence-electron chi connectivity index (χ3n) is 5.00. The Morgan fingerprint density at radius 1 is 1.10 bits per heavy atom. The molecule has 0 saturated heterocycles. The van der Waals surface area contributed by atoms with Crippen LogP contribution in [0.5, 0.6) is 11.5 Å². The fourth-order valence-electron chi connectivity index (χ4n) is 3.34. The molecule has 3 aromatic carbocycles. The van der Waals surface area contributed by atoms with Crippen LogP contribution >= 0.6 is 0 Å². The molecule has 152 valence electrons. The van der Waals surface area contributed by atoms with Crippen molar-refractivity contribution in [1.82, 2.24) is 9.97 Å². The number of hydrogen-bond donors (Lipinski definition) is 1. The Morgan fingerprint density at radius 2 is 1.90 bits per heavy atom. The molecule has 30 heavy (non-hydrogen) atoms. The molecule has 0 bridgehead atoms. The van der Waals surface area contributed by atoms with Crippen LogP contribution in [0.25, 0.3) is 22.4 Å². The van der Waals surface area contributed by atoms with Crippen LogP contribution in [-0.2, 0) is 6.61 Å². The summed E-state index contributed by atoms with van der Waals surface area (Å²) in [5.74, 6) is 0.910. The van der Waals surface area contributed by atoms with Gasteiger partial charge in [0.15, 0.2) is 5.75 Å². The number of aryl methyl sites for hydroxylation is 2. The van der Waals surface area contributed by atoms with Crippen molar-refractivity contribution in [3.05, 3.63) is 81.4 Å². The number of hydrogen-bond acceptors (Lipinski definition) is 5. The van der Waals surface area contributed by atoms with Crippen molar-refractivity contribution >= 4 is 16.7 Å². The van der Waals surface area contributed by atoms with Gasteiger partial charge < -0.3 is 14.5 Å². The number of nitrogens with zero attached hydrogens (tertiary/aromatic N) is 2. The number of nitrogens with one attached hydrogen (secondary N) is 1. The minimum absolute atomic E-state index is 0.0986. The topological polar surface area (TPSA) is 90.3 Å². The molecule has 4 rings (SSSR count). The van der Waals surface area contributed by atoms with E-state index < -0.39 is 4.92 Å². The Morgan fingerprint density at radius 3 is 2.63 bits per heavy atom. The first kappa shape index (κ1) is 19.4. The molecule has 0 aliphatic heterocycles. The summed E-state index contributed by atoms with van der Waals surface area (Å²) in [5, 5.41) is 11.8. The number of benzene rings is 3. The van der Waals surface area contributed by atoms with E-state index in [2.05, 4.69) is 9.97 Å². The second-order valence-corrected chi connectivity index (χ2v) is 7.11. The molecule has 0 aliphatic carbocycles. The van der Waals surface area contributed by atoms with E-state index in [0.717, 1.165) is 27.7 Å². The Bertz CT molecular complexity index is 1250. The third kappa shape index (κ3) is 3.69. The summed E-state index contributed by atoms with van der Waals surface area (Å²) >= 11 is 0. The molecule has 7 nitrogen and oxygen atoms in total. The van der Waals surface area contributed by atoms with Crippen molar-refractivity contribution < 1.29 is 14.4 Å². The van der Waals surface area contributed by atoms with Crippen molar-refractivity contribution in [2.45, 2.75) is 20.5 Å². The van der Waals surface area contributed by atoms with E-state index in [-0.39, 0.29) is 23.8 Å². The van der Waals surface area contributed by atoms with Crippen molar-refractivity contribution in [3.63, 3.8) is 0 Å². The van der Waals surface area contributed by atoms with Crippen LogP contribution in [0.15, 0.2) is 54.6 Å². The summed E-state index contributed by atoms with van der Waals surface area (Å²) < 4.78 is 11.3. The van der Waals surface area contributed by atoms with Crippen LogP contribution < -0.4 is 9.47 Å². The first-order valence-electron chi connectivity index (χ1n) is 9.46. The fourth-order valence-corrected chi connectivity index (χ4v) is 3.34. The zero-order chi connectivity index (χ0) is 21.3. The number of imidazole rings is 1. The molecule has 0 atom stereocenters. The van der Waals surface area contributed by atoms with E-state index in [9.17, 15) is 10.1 Å². The van der Waals surface area contributed by atoms with E-state index in [1.54, 1.807) is 6.07 Å². The van der Waals surface area contributed by atoms with Crippen molar-refractivity contribution in [3.8, 4) is 22.9 Å². The van der Waals surface area contributed by atoms with Crippen molar-refractivity contribution in [2.24, 2.45) is 0 Å². The number of rotatable bonds is 6. The Kier molecular flexibility index (Phi) is 5.10. The number of nitro groups is 1. The van der Waals surface area contributed by atoms with Gasteiger partial charge >= 0.3 is 5.69 Å². The van der Waals surface area contributed by atoms with Crippen LogP contribution in [0.1, 0.15) is 16.7 Å². The number of aromatic amines is 1. The van der Waals surface area contributed by atoms with Gasteiger partial charge in [0.1, 0.15) is 12.4 Å². The minimum atomic E-state index is -0.466. The lowest BCUT2D eigenvalue weighted by molar-refractivity contribution is -0.386. The van der Waals surface area contributed by atoms with Crippen LogP contribution in [0.3, 0.4) is 0 Å². The zero-order valence-electron chi connectivity index (χ0n) is 16.9. The molecule has 0 aliphatic rings. The van der Waals surface area contributed by atoms with Gasteiger partial charge in [-0.25, -0.2) is 4.98 Å². The average Bonchev–Trinajstić information content (AvgIpc) is 3.15. The largest absolute Gasteiger partial charge is 0.493 e. The molecule has 0 unspecified atom stereocenters. The predicted octanol–water partition coefficient (Wildman–Crippen LogP) is 5.34. The fraction of sp³-hybridized carbons (Fsp3) is 0.174. The second kappa shape index (κ2) is 7.87. The van der Waals surface area contributed by atoms with E-state index in [1.807, 2.05) is 56.3 Å². The normalized spacial score (nSPS) is 10.9. The molecule has 0 fully saturated rings.